The fraction of sp³-hybridized carbons (Fsp3) is 0.667. The van der Waals surface area contributed by atoms with Gasteiger partial charge in [0.1, 0.15) is 6.20 Å². The van der Waals surface area contributed by atoms with Crippen LogP contribution in [0.2, 0.25) is 0 Å². The summed E-state index contributed by atoms with van der Waals surface area (Å²) in [5.74, 6) is -1.08. The number of carboxylic acids is 1. The van der Waals surface area contributed by atoms with E-state index in [-0.39, 0.29) is 0 Å². The van der Waals surface area contributed by atoms with Crippen LogP contribution in [0.1, 0.15) is 20.8 Å². The van der Waals surface area contributed by atoms with Crippen molar-refractivity contribution < 1.29 is 14.8 Å². The molecule has 0 aromatic carbocycles. The lowest BCUT2D eigenvalue weighted by Gasteiger charge is -2.19. The number of carboxylic acid groups (broad SMARTS) is 1. The number of carbonyl (C=O) groups excluding carboxylic acids is 1. The highest BCUT2D eigenvalue weighted by atomic mass is 16.4. The zero-order chi connectivity index (χ0) is 10.4. The summed E-state index contributed by atoms with van der Waals surface area (Å²) in [6.45, 7) is 6.59. The Kier molecular flexibility index (Phi) is 5.14. The van der Waals surface area contributed by atoms with E-state index < -0.39 is 5.97 Å². The van der Waals surface area contributed by atoms with E-state index in [0.29, 0.717) is 6.17 Å². The minimum atomic E-state index is -1.08. The third kappa shape index (κ3) is 4.52. The van der Waals surface area contributed by atoms with Gasteiger partial charge in [0.2, 0.25) is 0 Å². The largest absolute Gasteiger partial charge is 0.550 e. The number of quaternary nitrogens is 1. The Morgan fingerprint density at radius 3 is 2.31 bits per heavy atom. The van der Waals surface area contributed by atoms with Crippen molar-refractivity contribution in [2.45, 2.75) is 26.9 Å². The molecule has 0 bridgehead atoms. The lowest BCUT2D eigenvalue weighted by atomic mass is 10.5. The molecule has 0 fully saturated rings. The van der Waals surface area contributed by atoms with Gasteiger partial charge in [0.15, 0.2) is 6.17 Å². The average Bonchev–Trinajstić information content (AvgIpc) is 2.32. The molecule has 2 atom stereocenters. The summed E-state index contributed by atoms with van der Waals surface area (Å²) in [5, 5.41) is 8.89. The van der Waals surface area contributed by atoms with E-state index in [4.69, 9.17) is 9.90 Å². The molecule has 0 saturated heterocycles. The van der Waals surface area contributed by atoms with Crippen molar-refractivity contribution in [3.8, 4) is 0 Å². The van der Waals surface area contributed by atoms with Crippen LogP contribution in [-0.2, 0) is 4.79 Å². The minimum Gasteiger partial charge on any atom is -0.550 e. The zero-order valence-electron chi connectivity index (χ0n) is 8.70. The van der Waals surface area contributed by atoms with E-state index in [1.54, 1.807) is 0 Å². The number of hydrogen-bond acceptors (Lipinski definition) is 3. The summed E-state index contributed by atoms with van der Waals surface area (Å²) in [6.07, 6.45) is 4.99. The van der Waals surface area contributed by atoms with E-state index in [2.05, 4.69) is 38.2 Å². The van der Waals surface area contributed by atoms with Crippen molar-refractivity contribution in [1.82, 2.24) is 4.90 Å². The third-order valence-corrected chi connectivity index (χ3v) is 2.08. The summed E-state index contributed by atoms with van der Waals surface area (Å²) in [5.41, 5.74) is 0. The van der Waals surface area contributed by atoms with Gasteiger partial charge in [-0.1, -0.05) is 0 Å². The molecule has 1 aliphatic rings. The lowest BCUT2D eigenvalue weighted by molar-refractivity contribution is -0.873. The predicted octanol–water partition coefficient (Wildman–Crippen LogP) is -1.59. The number of carbonyl (C=O) groups is 1. The molecule has 76 valence electrons. The van der Waals surface area contributed by atoms with E-state index in [0.717, 1.165) is 6.92 Å². The lowest BCUT2D eigenvalue weighted by Crippen LogP contribution is -3.10. The van der Waals surface area contributed by atoms with Gasteiger partial charge in [-0.2, -0.15) is 0 Å². The maximum absolute atomic E-state index is 8.89. The second kappa shape index (κ2) is 5.59. The van der Waals surface area contributed by atoms with Crippen LogP contribution >= 0.6 is 0 Å². The molecule has 1 heterocycles. The van der Waals surface area contributed by atoms with Gasteiger partial charge in [0, 0.05) is 19.9 Å². The van der Waals surface area contributed by atoms with Crippen LogP contribution in [0.4, 0.5) is 0 Å². The molecule has 0 aromatic rings. The second-order valence-corrected chi connectivity index (χ2v) is 3.08. The quantitative estimate of drug-likeness (QED) is 0.537. The van der Waals surface area contributed by atoms with Gasteiger partial charge in [-0.05, 0) is 13.8 Å². The molecule has 0 saturated carbocycles. The molecule has 0 spiro atoms. The molecule has 4 nitrogen and oxygen atoms in total. The first-order valence-electron chi connectivity index (χ1n) is 4.42. The number of aliphatic carboxylic acids is 1. The van der Waals surface area contributed by atoms with Gasteiger partial charge in [-0.3, -0.25) is 4.90 Å². The van der Waals surface area contributed by atoms with Gasteiger partial charge in [0.05, 0.1) is 12.7 Å². The topological polar surface area (TPSA) is 47.8 Å². The van der Waals surface area contributed by atoms with Crippen LogP contribution in [0, 0.1) is 0 Å². The van der Waals surface area contributed by atoms with Gasteiger partial charge >= 0.3 is 0 Å². The highest BCUT2D eigenvalue weighted by Gasteiger charge is 2.21. The molecule has 1 N–H and O–H groups in total. The summed E-state index contributed by atoms with van der Waals surface area (Å²) >= 11 is 0. The Morgan fingerprint density at radius 2 is 2.15 bits per heavy atom. The van der Waals surface area contributed by atoms with Crippen LogP contribution in [0.5, 0.6) is 0 Å². The fourth-order valence-electron chi connectivity index (χ4n) is 1.16. The van der Waals surface area contributed by atoms with Crippen molar-refractivity contribution in [1.29, 1.82) is 0 Å². The number of nitrogens with one attached hydrogen (secondary N) is 1. The SMILES string of the molecule is CC(=O)[O-].CC[NH+]1C=CN(C)C1C. The molecular formula is C9H18N2O2. The summed E-state index contributed by atoms with van der Waals surface area (Å²) < 4.78 is 0. The second-order valence-electron chi connectivity index (χ2n) is 3.08. The van der Waals surface area contributed by atoms with Crippen molar-refractivity contribution in [2.24, 2.45) is 0 Å². The third-order valence-electron chi connectivity index (χ3n) is 2.08. The first-order chi connectivity index (χ1) is 5.99. The van der Waals surface area contributed by atoms with Crippen LogP contribution in [0.25, 0.3) is 0 Å². The number of rotatable bonds is 1. The summed E-state index contributed by atoms with van der Waals surface area (Å²) in [7, 11) is 2.11. The first-order valence-corrected chi connectivity index (χ1v) is 4.42. The normalized spacial score (nSPS) is 25.4. The molecule has 0 radical (unpaired) electrons. The highest BCUT2D eigenvalue weighted by molar-refractivity contribution is 5.60. The Morgan fingerprint density at radius 1 is 1.69 bits per heavy atom. The van der Waals surface area contributed by atoms with Crippen molar-refractivity contribution >= 4 is 5.97 Å². The van der Waals surface area contributed by atoms with Gasteiger partial charge in [-0.25, -0.2) is 0 Å². The molecule has 0 aliphatic carbocycles. The number of nitrogens with zero attached hydrogens (tertiary/aromatic N) is 1. The standard InChI is InChI=1S/C7H14N2.C2H4O2/c1-4-9-6-5-8(3)7(9)2;1-2(3)4/h5-7H,4H2,1-3H3;1H3,(H,3,4). The van der Waals surface area contributed by atoms with Crippen LogP contribution in [0.15, 0.2) is 12.4 Å². The number of hydrogen-bond donors (Lipinski definition) is 1. The Bertz CT molecular complexity index is 188. The predicted molar refractivity (Wildman–Crippen MR) is 48.5 cm³/mol. The first kappa shape index (κ1) is 12.0. The molecule has 2 unspecified atom stereocenters. The maximum Gasteiger partial charge on any atom is 0.164 e. The highest BCUT2D eigenvalue weighted by Crippen LogP contribution is 1.92. The van der Waals surface area contributed by atoms with Crippen LogP contribution < -0.4 is 10.0 Å². The maximum atomic E-state index is 8.89. The molecule has 13 heavy (non-hydrogen) atoms. The monoisotopic (exact) mass is 186 g/mol. The van der Waals surface area contributed by atoms with E-state index >= 15 is 0 Å². The molecule has 1 aliphatic heterocycles. The summed E-state index contributed by atoms with van der Waals surface area (Å²) in [6, 6.07) is 0. The van der Waals surface area contributed by atoms with Crippen molar-refractivity contribution in [3.63, 3.8) is 0 Å². The van der Waals surface area contributed by atoms with E-state index in [9.17, 15) is 0 Å². The van der Waals surface area contributed by atoms with E-state index in [1.165, 1.54) is 11.4 Å². The fourth-order valence-corrected chi connectivity index (χ4v) is 1.16. The van der Waals surface area contributed by atoms with Crippen molar-refractivity contribution in [3.05, 3.63) is 12.4 Å². The minimum absolute atomic E-state index is 0.634. The van der Waals surface area contributed by atoms with Gasteiger partial charge in [-0.15, -0.1) is 0 Å². The molecule has 4 heteroatoms. The van der Waals surface area contributed by atoms with Crippen LogP contribution in [-0.4, -0.2) is 30.6 Å². The molecule has 0 aromatic heterocycles. The Labute approximate surface area is 79.4 Å². The molecule has 0 amide bonds. The smallest absolute Gasteiger partial charge is 0.164 e. The van der Waals surface area contributed by atoms with Gasteiger partial charge < -0.3 is 14.8 Å². The average molecular weight is 186 g/mol. The zero-order valence-corrected chi connectivity index (χ0v) is 8.70. The Balaban J connectivity index is 0.000000310. The van der Waals surface area contributed by atoms with E-state index in [1.807, 2.05) is 0 Å². The van der Waals surface area contributed by atoms with Gasteiger partial charge in [0.25, 0.3) is 0 Å². The molecular weight excluding hydrogens is 168 g/mol. The Hall–Kier alpha value is -1.03. The van der Waals surface area contributed by atoms with Crippen LogP contribution in [0.3, 0.4) is 0 Å². The summed E-state index contributed by atoms with van der Waals surface area (Å²) in [4.78, 5) is 12.7. The van der Waals surface area contributed by atoms with Crippen molar-refractivity contribution in [2.75, 3.05) is 13.6 Å². The molecule has 1 rings (SSSR count).